The molecule has 3 rings (SSSR count). The Morgan fingerprint density at radius 1 is 1.21 bits per heavy atom. The molecule has 3 heterocycles. The van der Waals surface area contributed by atoms with Crippen molar-refractivity contribution in [3.05, 3.63) is 17.4 Å². The van der Waals surface area contributed by atoms with E-state index in [2.05, 4.69) is 20.8 Å². The van der Waals surface area contributed by atoms with Crippen LogP contribution in [0.1, 0.15) is 13.3 Å². The zero-order valence-electron chi connectivity index (χ0n) is 16.5. The van der Waals surface area contributed by atoms with Crippen LogP contribution in [-0.4, -0.2) is 85.3 Å². The molecule has 0 saturated carbocycles. The van der Waals surface area contributed by atoms with Gasteiger partial charge in [0.25, 0.3) is 0 Å². The van der Waals surface area contributed by atoms with E-state index in [-0.39, 0.29) is 23.8 Å². The molecule has 0 spiro atoms. The van der Waals surface area contributed by atoms with Crippen molar-refractivity contribution in [2.75, 3.05) is 57.4 Å². The Morgan fingerprint density at radius 3 is 2.66 bits per heavy atom. The summed E-state index contributed by atoms with van der Waals surface area (Å²) in [5.41, 5.74) is 5.37. The van der Waals surface area contributed by atoms with Gasteiger partial charge in [0.2, 0.25) is 17.8 Å². The summed E-state index contributed by atoms with van der Waals surface area (Å²) in [7, 11) is 0. The minimum absolute atomic E-state index is 0.0735. The predicted octanol–water partition coefficient (Wildman–Crippen LogP) is -0.159. The van der Waals surface area contributed by atoms with Crippen molar-refractivity contribution in [3.8, 4) is 0 Å². The first-order chi connectivity index (χ1) is 14.0. The van der Waals surface area contributed by atoms with Crippen LogP contribution in [-0.2, 0) is 19.1 Å². The third-order valence-electron chi connectivity index (χ3n) is 5.03. The van der Waals surface area contributed by atoms with Crippen LogP contribution >= 0.6 is 11.6 Å². The molecule has 2 N–H and O–H groups in total. The molecule has 2 aliphatic heterocycles. The number of nitrogens with one attached hydrogen (secondary N) is 2. The molecule has 10 nitrogen and oxygen atoms in total. The Hall–Kier alpha value is -2.01. The number of carbonyl (C=O) groups excluding carboxylic acids is 2. The maximum Gasteiger partial charge on any atom is 0.239 e. The summed E-state index contributed by atoms with van der Waals surface area (Å²) in [4.78, 5) is 36.2. The second-order valence-electron chi connectivity index (χ2n) is 7.00. The molecular formula is C18H27ClN6O4. The van der Waals surface area contributed by atoms with Gasteiger partial charge in [-0.25, -0.2) is 15.4 Å². The molecule has 2 saturated heterocycles. The van der Waals surface area contributed by atoms with Crippen molar-refractivity contribution < 1.29 is 19.1 Å². The summed E-state index contributed by atoms with van der Waals surface area (Å²) in [5.74, 6) is 0.430. The van der Waals surface area contributed by atoms with Gasteiger partial charge < -0.3 is 19.3 Å². The van der Waals surface area contributed by atoms with Crippen LogP contribution < -0.4 is 15.8 Å². The first kappa shape index (κ1) is 21.7. The molecule has 11 heteroatoms. The predicted molar refractivity (Wildman–Crippen MR) is 106 cm³/mol. The van der Waals surface area contributed by atoms with E-state index in [9.17, 15) is 9.59 Å². The first-order valence-electron chi connectivity index (χ1n) is 9.77. The van der Waals surface area contributed by atoms with Crippen molar-refractivity contribution in [2.24, 2.45) is 5.92 Å². The largest absolute Gasteiger partial charge is 0.379 e. The number of hydrogen-bond acceptors (Lipinski definition) is 8. The van der Waals surface area contributed by atoms with Gasteiger partial charge >= 0.3 is 0 Å². The molecule has 2 aliphatic rings. The fraction of sp³-hybridized carbons (Fsp3) is 0.667. The van der Waals surface area contributed by atoms with Crippen LogP contribution in [0.25, 0.3) is 0 Å². The topological polar surface area (TPSA) is 109 Å². The summed E-state index contributed by atoms with van der Waals surface area (Å²) in [6.07, 6.45) is 3.31. The Kier molecular flexibility index (Phi) is 7.99. The minimum Gasteiger partial charge on any atom is -0.379 e. The van der Waals surface area contributed by atoms with Gasteiger partial charge in [-0.1, -0.05) is 18.5 Å². The first-order valence-corrected chi connectivity index (χ1v) is 10.1. The van der Waals surface area contributed by atoms with Gasteiger partial charge in [0, 0.05) is 32.7 Å². The summed E-state index contributed by atoms with van der Waals surface area (Å²) in [6.45, 7) is 6.15. The van der Waals surface area contributed by atoms with Gasteiger partial charge in [0.1, 0.15) is 0 Å². The molecule has 0 radical (unpaired) electrons. The second kappa shape index (κ2) is 10.7. The van der Waals surface area contributed by atoms with E-state index in [0.29, 0.717) is 69.9 Å². The number of piperazine rings is 1. The smallest absolute Gasteiger partial charge is 0.239 e. The number of nitrogens with zero attached hydrogens (tertiary/aromatic N) is 4. The van der Waals surface area contributed by atoms with Gasteiger partial charge in [-0.05, 0) is 0 Å². The Bertz CT molecular complexity index is 683. The van der Waals surface area contributed by atoms with Gasteiger partial charge in [0.05, 0.1) is 55.7 Å². The second-order valence-corrected chi connectivity index (χ2v) is 7.44. The molecule has 160 valence electrons. The number of aromatic nitrogens is 2. The summed E-state index contributed by atoms with van der Waals surface area (Å²) >= 11 is 5.81. The highest BCUT2D eigenvalue weighted by atomic mass is 35.5. The molecule has 1 aromatic rings. The summed E-state index contributed by atoms with van der Waals surface area (Å²) in [6, 6.07) is 0. The van der Waals surface area contributed by atoms with E-state index in [1.54, 1.807) is 12.4 Å². The van der Waals surface area contributed by atoms with Crippen molar-refractivity contribution in [2.45, 2.75) is 19.4 Å². The van der Waals surface area contributed by atoms with Crippen molar-refractivity contribution >= 4 is 29.4 Å². The Labute approximate surface area is 174 Å². The maximum absolute atomic E-state index is 12.3. The molecule has 0 bridgehead atoms. The highest BCUT2D eigenvalue weighted by Crippen LogP contribution is 2.13. The van der Waals surface area contributed by atoms with E-state index < -0.39 is 0 Å². The molecule has 2 unspecified atom stereocenters. The highest BCUT2D eigenvalue weighted by molar-refractivity contribution is 6.30. The number of ether oxygens (including phenoxy) is 2. The van der Waals surface area contributed by atoms with Crippen molar-refractivity contribution in [3.63, 3.8) is 0 Å². The normalized spacial score (nSPS) is 22.5. The van der Waals surface area contributed by atoms with E-state index in [0.717, 1.165) is 0 Å². The lowest BCUT2D eigenvalue weighted by atomic mass is 10.0. The van der Waals surface area contributed by atoms with Crippen LogP contribution in [0.5, 0.6) is 0 Å². The van der Waals surface area contributed by atoms with Crippen LogP contribution in [0, 0.1) is 5.92 Å². The van der Waals surface area contributed by atoms with Gasteiger partial charge in [0.15, 0.2) is 0 Å². The number of anilines is 1. The Balaban J connectivity index is 1.27. The van der Waals surface area contributed by atoms with Gasteiger partial charge in [-0.15, -0.1) is 0 Å². The van der Waals surface area contributed by atoms with E-state index >= 15 is 0 Å². The quantitative estimate of drug-likeness (QED) is 0.552. The molecule has 2 amide bonds. The third kappa shape index (κ3) is 6.23. The molecule has 0 aliphatic carbocycles. The standard InChI is InChI=1S/C18H27ClN6O4/c1-13-15(12-22-23-17(13)27)29-9-8-28-7-2-16(26)24-3-5-25(6-4-24)18-20-10-14(19)11-21-18/h10-11,13,15,22H,2-9,12H2,1H3,(H,23,27). The Morgan fingerprint density at radius 2 is 1.93 bits per heavy atom. The maximum atomic E-state index is 12.3. The SMILES string of the molecule is CC1C(=O)NNCC1OCCOCCC(=O)N1CCN(c2ncc(Cl)cn2)CC1. The average Bonchev–Trinajstić information content (AvgIpc) is 2.74. The van der Waals surface area contributed by atoms with Crippen LogP contribution in [0.3, 0.4) is 0 Å². The number of halogens is 1. The van der Waals surface area contributed by atoms with E-state index in [1.165, 1.54) is 0 Å². The molecule has 1 aromatic heterocycles. The number of rotatable bonds is 8. The number of amides is 2. The number of hydrogen-bond donors (Lipinski definition) is 2. The zero-order valence-corrected chi connectivity index (χ0v) is 17.2. The number of carbonyl (C=O) groups is 2. The van der Waals surface area contributed by atoms with Gasteiger partial charge in [-0.3, -0.25) is 15.0 Å². The van der Waals surface area contributed by atoms with E-state index in [4.69, 9.17) is 21.1 Å². The number of hydrazine groups is 1. The van der Waals surface area contributed by atoms with Crippen LogP contribution in [0.15, 0.2) is 12.4 Å². The van der Waals surface area contributed by atoms with E-state index in [1.807, 2.05) is 16.7 Å². The fourth-order valence-electron chi connectivity index (χ4n) is 3.20. The molecule has 0 aromatic carbocycles. The van der Waals surface area contributed by atoms with Crippen molar-refractivity contribution in [1.82, 2.24) is 25.7 Å². The van der Waals surface area contributed by atoms with Crippen LogP contribution in [0.4, 0.5) is 5.95 Å². The fourth-order valence-corrected chi connectivity index (χ4v) is 3.30. The highest BCUT2D eigenvalue weighted by Gasteiger charge is 2.28. The average molecular weight is 427 g/mol. The van der Waals surface area contributed by atoms with Crippen molar-refractivity contribution in [1.29, 1.82) is 0 Å². The summed E-state index contributed by atoms with van der Waals surface area (Å²) in [5, 5.41) is 0.503. The molecule has 2 atom stereocenters. The lowest BCUT2D eigenvalue weighted by Gasteiger charge is -2.34. The molecule has 2 fully saturated rings. The zero-order chi connectivity index (χ0) is 20.6. The monoisotopic (exact) mass is 426 g/mol. The third-order valence-corrected chi connectivity index (χ3v) is 5.22. The van der Waals surface area contributed by atoms with Gasteiger partial charge in [-0.2, -0.15) is 0 Å². The van der Waals surface area contributed by atoms with Crippen LogP contribution in [0.2, 0.25) is 5.02 Å². The summed E-state index contributed by atoms with van der Waals surface area (Å²) < 4.78 is 11.2. The molecular weight excluding hydrogens is 400 g/mol. The lowest BCUT2D eigenvalue weighted by Crippen LogP contribution is -2.55. The molecule has 29 heavy (non-hydrogen) atoms. The lowest BCUT2D eigenvalue weighted by molar-refractivity contribution is -0.136. The minimum atomic E-state index is -0.199.